The highest BCUT2D eigenvalue weighted by Gasteiger charge is 2.16. The zero-order valence-electron chi connectivity index (χ0n) is 15.2. The van der Waals surface area contributed by atoms with Crippen LogP contribution < -0.4 is 0 Å². The van der Waals surface area contributed by atoms with Crippen molar-refractivity contribution in [2.75, 3.05) is 0 Å². The molecule has 0 aliphatic rings. The molecule has 0 atom stereocenters. The molecule has 0 fully saturated rings. The minimum atomic E-state index is -1.21. The van der Waals surface area contributed by atoms with Gasteiger partial charge in [0, 0.05) is 28.9 Å². The van der Waals surface area contributed by atoms with Gasteiger partial charge in [0.1, 0.15) is 5.82 Å². The fraction of sp³-hybridized carbons (Fsp3) is 0.0952. The number of carboxylic acid groups (broad SMARTS) is 2. The van der Waals surface area contributed by atoms with Crippen molar-refractivity contribution in [3.05, 3.63) is 82.4 Å². The van der Waals surface area contributed by atoms with Crippen molar-refractivity contribution in [1.82, 2.24) is 4.57 Å². The zero-order chi connectivity index (χ0) is 20.4. The molecular formula is C21H17FN2O4. The van der Waals surface area contributed by atoms with Gasteiger partial charge in [-0.15, -0.1) is 0 Å². The first-order chi connectivity index (χ1) is 13.3. The molecule has 0 spiro atoms. The fourth-order valence-electron chi connectivity index (χ4n) is 3.00. The molecule has 0 aliphatic heterocycles. The van der Waals surface area contributed by atoms with Crippen LogP contribution in [0.3, 0.4) is 0 Å². The van der Waals surface area contributed by atoms with Crippen LogP contribution >= 0.6 is 0 Å². The molecule has 3 rings (SSSR count). The number of aromatic carboxylic acids is 2. The summed E-state index contributed by atoms with van der Waals surface area (Å²) in [5.74, 6) is -2.87. The molecule has 2 N–H and O–H groups in total. The van der Waals surface area contributed by atoms with Crippen molar-refractivity contribution >= 4 is 23.8 Å². The molecule has 0 saturated carbocycles. The van der Waals surface area contributed by atoms with E-state index in [1.165, 1.54) is 24.4 Å². The van der Waals surface area contributed by atoms with Gasteiger partial charge in [-0.1, -0.05) is 12.1 Å². The number of carbonyl (C=O) groups is 2. The van der Waals surface area contributed by atoms with E-state index in [0.717, 1.165) is 17.5 Å². The number of hydrogen-bond acceptors (Lipinski definition) is 3. The summed E-state index contributed by atoms with van der Waals surface area (Å²) < 4.78 is 15.5. The predicted molar refractivity (Wildman–Crippen MR) is 103 cm³/mol. The van der Waals surface area contributed by atoms with E-state index in [0.29, 0.717) is 11.3 Å². The maximum absolute atomic E-state index is 13.8. The van der Waals surface area contributed by atoms with Crippen LogP contribution in [0.25, 0.3) is 5.69 Å². The van der Waals surface area contributed by atoms with Crippen molar-refractivity contribution < 1.29 is 24.2 Å². The number of rotatable bonds is 5. The molecule has 0 unspecified atom stereocenters. The van der Waals surface area contributed by atoms with Crippen molar-refractivity contribution in [3.8, 4) is 5.69 Å². The molecule has 2 aromatic carbocycles. The highest BCUT2D eigenvalue weighted by atomic mass is 19.1. The second-order valence-corrected chi connectivity index (χ2v) is 6.25. The van der Waals surface area contributed by atoms with Gasteiger partial charge in [0.15, 0.2) is 0 Å². The summed E-state index contributed by atoms with van der Waals surface area (Å²) in [6, 6.07) is 11.9. The molecule has 0 saturated heterocycles. The van der Waals surface area contributed by atoms with Gasteiger partial charge in [0.05, 0.1) is 16.8 Å². The van der Waals surface area contributed by atoms with E-state index in [-0.39, 0.29) is 16.8 Å². The third-order valence-electron chi connectivity index (χ3n) is 4.34. The highest BCUT2D eigenvalue weighted by molar-refractivity contribution is 5.95. The molecule has 0 bridgehead atoms. The summed E-state index contributed by atoms with van der Waals surface area (Å²) in [7, 11) is 0. The number of halogens is 1. The van der Waals surface area contributed by atoms with Gasteiger partial charge < -0.3 is 14.8 Å². The molecule has 3 aromatic rings. The molecule has 1 heterocycles. The fourth-order valence-corrected chi connectivity index (χ4v) is 3.00. The summed E-state index contributed by atoms with van der Waals surface area (Å²) in [4.78, 5) is 26.9. The number of aromatic nitrogens is 1. The van der Waals surface area contributed by atoms with Crippen LogP contribution in [0.5, 0.6) is 0 Å². The Morgan fingerprint density at radius 3 is 2.18 bits per heavy atom. The first kappa shape index (κ1) is 19.0. The van der Waals surface area contributed by atoms with E-state index in [1.807, 2.05) is 6.07 Å². The quantitative estimate of drug-likeness (QED) is 0.643. The molecule has 6 nitrogen and oxygen atoms in total. The highest BCUT2D eigenvalue weighted by Crippen LogP contribution is 2.23. The van der Waals surface area contributed by atoms with Crippen LogP contribution in [0, 0.1) is 19.7 Å². The summed E-state index contributed by atoms with van der Waals surface area (Å²) in [5.41, 5.74) is 2.56. The van der Waals surface area contributed by atoms with Gasteiger partial charge in [-0.25, -0.2) is 14.0 Å². The third kappa shape index (κ3) is 3.68. The summed E-state index contributed by atoms with van der Waals surface area (Å²) in [5, 5.41) is 18.6. The summed E-state index contributed by atoms with van der Waals surface area (Å²) in [6.07, 6.45) is 1.52. The average molecular weight is 380 g/mol. The maximum Gasteiger partial charge on any atom is 0.335 e. The van der Waals surface area contributed by atoms with Crippen molar-refractivity contribution in [3.63, 3.8) is 0 Å². The molecule has 0 amide bonds. The largest absolute Gasteiger partial charge is 0.478 e. The number of benzene rings is 2. The van der Waals surface area contributed by atoms with Gasteiger partial charge in [-0.3, -0.25) is 4.99 Å². The van der Waals surface area contributed by atoms with Crippen LogP contribution in [0.4, 0.5) is 10.1 Å². The number of nitrogens with zero attached hydrogens (tertiary/aromatic N) is 2. The van der Waals surface area contributed by atoms with Crippen LogP contribution in [-0.2, 0) is 0 Å². The number of aryl methyl sites for hydroxylation is 1. The third-order valence-corrected chi connectivity index (χ3v) is 4.34. The van der Waals surface area contributed by atoms with Gasteiger partial charge in [0.25, 0.3) is 0 Å². The van der Waals surface area contributed by atoms with Gasteiger partial charge in [-0.2, -0.15) is 0 Å². The first-order valence-corrected chi connectivity index (χ1v) is 8.37. The number of para-hydroxylation sites is 1. The molecule has 7 heteroatoms. The Morgan fingerprint density at radius 1 is 1.00 bits per heavy atom. The summed E-state index contributed by atoms with van der Waals surface area (Å²) >= 11 is 0. The Hall–Kier alpha value is -3.74. The lowest BCUT2D eigenvalue weighted by Crippen LogP contribution is -2.07. The van der Waals surface area contributed by atoms with E-state index in [4.69, 9.17) is 0 Å². The normalized spacial score (nSPS) is 11.1. The summed E-state index contributed by atoms with van der Waals surface area (Å²) in [6.45, 7) is 3.60. The first-order valence-electron chi connectivity index (χ1n) is 8.37. The minimum absolute atomic E-state index is 0.121. The Balaban J connectivity index is 2.09. The lowest BCUT2D eigenvalue weighted by Gasteiger charge is -2.12. The monoisotopic (exact) mass is 380 g/mol. The molecule has 28 heavy (non-hydrogen) atoms. The van der Waals surface area contributed by atoms with Gasteiger partial charge in [-0.05, 0) is 50.2 Å². The van der Waals surface area contributed by atoms with Crippen LogP contribution in [0.15, 0.2) is 53.5 Å². The SMILES string of the molecule is Cc1cc(C=Nc2ccccc2F)c(C)n1-c1cc(C(=O)O)cc(C(=O)O)c1. The molecule has 0 radical (unpaired) electrons. The Kier molecular flexibility index (Phi) is 5.08. The van der Waals surface area contributed by atoms with Crippen LogP contribution in [-0.4, -0.2) is 32.9 Å². The predicted octanol–water partition coefficient (Wildman–Crippen LogP) is 4.38. The van der Waals surface area contributed by atoms with E-state index < -0.39 is 17.8 Å². The Morgan fingerprint density at radius 2 is 1.61 bits per heavy atom. The number of aliphatic imine (C=N–C) groups is 1. The second-order valence-electron chi connectivity index (χ2n) is 6.25. The van der Waals surface area contributed by atoms with E-state index in [9.17, 15) is 24.2 Å². The average Bonchev–Trinajstić information content (AvgIpc) is 2.94. The van der Waals surface area contributed by atoms with E-state index in [2.05, 4.69) is 4.99 Å². The van der Waals surface area contributed by atoms with Gasteiger partial charge in [0.2, 0.25) is 0 Å². The number of carboxylic acids is 2. The molecule has 142 valence electrons. The molecule has 1 aromatic heterocycles. The van der Waals surface area contributed by atoms with E-state index >= 15 is 0 Å². The smallest absolute Gasteiger partial charge is 0.335 e. The zero-order valence-corrected chi connectivity index (χ0v) is 15.2. The topological polar surface area (TPSA) is 91.9 Å². The maximum atomic E-state index is 13.8. The van der Waals surface area contributed by atoms with Crippen molar-refractivity contribution in [1.29, 1.82) is 0 Å². The van der Waals surface area contributed by atoms with E-state index in [1.54, 1.807) is 36.6 Å². The Bertz CT molecular complexity index is 1080. The lowest BCUT2D eigenvalue weighted by molar-refractivity contribution is 0.0696. The van der Waals surface area contributed by atoms with Gasteiger partial charge >= 0.3 is 11.9 Å². The molecular weight excluding hydrogens is 363 g/mol. The van der Waals surface area contributed by atoms with Crippen LogP contribution in [0.2, 0.25) is 0 Å². The number of hydrogen-bond donors (Lipinski definition) is 2. The lowest BCUT2D eigenvalue weighted by atomic mass is 10.1. The van der Waals surface area contributed by atoms with Crippen LogP contribution in [0.1, 0.15) is 37.7 Å². The second kappa shape index (κ2) is 7.48. The van der Waals surface area contributed by atoms with Crippen molar-refractivity contribution in [2.24, 2.45) is 4.99 Å². The minimum Gasteiger partial charge on any atom is -0.478 e. The Labute approximate surface area is 160 Å². The molecule has 0 aliphatic carbocycles. The standard InChI is InChI=1S/C21H17FN2O4/c1-12-7-16(11-23-19-6-4-3-5-18(19)22)13(2)24(12)17-9-14(20(25)26)8-15(10-17)21(27)28/h3-11H,1-2H3,(H,25,26)(H,27,28). The van der Waals surface area contributed by atoms with Crippen molar-refractivity contribution in [2.45, 2.75) is 13.8 Å².